The third kappa shape index (κ3) is 3.80. The van der Waals surface area contributed by atoms with E-state index in [1.54, 1.807) is 0 Å². The molecular formula is C29H31NO. The lowest BCUT2D eigenvalue weighted by molar-refractivity contribution is -0.137. The van der Waals surface area contributed by atoms with Gasteiger partial charge in [0, 0.05) is 19.0 Å². The topological polar surface area (TPSA) is 20.3 Å². The van der Waals surface area contributed by atoms with E-state index >= 15 is 0 Å². The van der Waals surface area contributed by atoms with Crippen molar-refractivity contribution in [2.45, 2.75) is 50.0 Å². The molecule has 2 fully saturated rings. The van der Waals surface area contributed by atoms with Gasteiger partial charge in [-0.1, -0.05) is 104 Å². The Hall–Kier alpha value is -2.87. The number of carbonyl (C=O) groups is 1. The van der Waals surface area contributed by atoms with E-state index in [0.717, 1.165) is 25.3 Å². The predicted octanol–water partition coefficient (Wildman–Crippen LogP) is 6.20. The Balaban J connectivity index is 1.61. The molecule has 3 aromatic rings. The minimum absolute atomic E-state index is 0.293. The molecule has 2 heteroatoms. The molecule has 31 heavy (non-hydrogen) atoms. The Morgan fingerprint density at radius 3 is 1.77 bits per heavy atom. The molecule has 0 aromatic heterocycles. The highest BCUT2D eigenvalue weighted by Gasteiger charge is 2.42. The second-order valence-electron chi connectivity index (χ2n) is 9.24. The number of hydrogen-bond acceptors (Lipinski definition) is 1. The summed E-state index contributed by atoms with van der Waals surface area (Å²) in [5.41, 5.74) is 3.05. The molecule has 0 radical (unpaired) electrons. The molecule has 158 valence electrons. The van der Waals surface area contributed by atoms with Crippen LogP contribution in [-0.4, -0.2) is 23.4 Å². The average molecular weight is 410 g/mol. The summed E-state index contributed by atoms with van der Waals surface area (Å²) in [7, 11) is 0. The lowest BCUT2D eigenvalue weighted by Crippen LogP contribution is -2.50. The lowest BCUT2D eigenvalue weighted by Gasteiger charge is -2.45. The third-order valence-corrected chi connectivity index (χ3v) is 7.51. The van der Waals surface area contributed by atoms with Gasteiger partial charge in [0.15, 0.2) is 0 Å². The maximum atomic E-state index is 14.0. The number of rotatable bonds is 5. The van der Waals surface area contributed by atoms with E-state index in [-0.39, 0.29) is 0 Å². The fourth-order valence-corrected chi connectivity index (χ4v) is 5.94. The van der Waals surface area contributed by atoms with Gasteiger partial charge in [-0.15, -0.1) is 0 Å². The third-order valence-electron chi connectivity index (χ3n) is 7.51. The number of likely N-dealkylation sites (tertiary alicyclic amines) is 1. The summed E-state index contributed by atoms with van der Waals surface area (Å²) in [6, 6.07) is 32.2. The molecule has 2 unspecified atom stereocenters. The first kappa shape index (κ1) is 20.1. The van der Waals surface area contributed by atoms with Gasteiger partial charge >= 0.3 is 0 Å². The summed E-state index contributed by atoms with van der Waals surface area (Å²) < 4.78 is 0. The number of carbonyl (C=O) groups excluding carboxylic acids is 1. The first-order valence-electron chi connectivity index (χ1n) is 11.7. The number of piperidine rings is 1. The van der Waals surface area contributed by atoms with Crippen LogP contribution >= 0.6 is 0 Å². The van der Waals surface area contributed by atoms with Gasteiger partial charge in [-0.3, -0.25) is 4.79 Å². The molecule has 1 aliphatic carbocycles. The van der Waals surface area contributed by atoms with E-state index in [2.05, 4.69) is 95.9 Å². The van der Waals surface area contributed by atoms with Crippen LogP contribution in [0.1, 0.15) is 55.2 Å². The zero-order valence-corrected chi connectivity index (χ0v) is 18.1. The fourth-order valence-electron chi connectivity index (χ4n) is 5.94. The minimum Gasteiger partial charge on any atom is -0.340 e. The van der Waals surface area contributed by atoms with Gasteiger partial charge in [0.2, 0.25) is 5.91 Å². The van der Waals surface area contributed by atoms with Crippen molar-refractivity contribution in [1.29, 1.82) is 0 Å². The minimum atomic E-state index is -0.494. The molecule has 1 heterocycles. The summed E-state index contributed by atoms with van der Waals surface area (Å²) in [6.07, 6.45) is 6.60. The predicted molar refractivity (Wildman–Crippen MR) is 126 cm³/mol. The van der Waals surface area contributed by atoms with E-state index in [1.165, 1.54) is 36.0 Å². The molecule has 2 aliphatic rings. The number of amides is 1. The highest BCUT2D eigenvalue weighted by molar-refractivity contribution is 5.80. The maximum Gasteiger partial charge on any atom is 0.224 e. The highest BCUT2D eigenvalue weighted by Crippen LogP contribution is 2.44. The molecule has 2 atom stereocenters. The van der Waals surface area contributed by atoms with E-state index in [4.69, 9.17) is 0 Å². The summed E-state index contributed by atoms with van der Waals surface area (Å²) in [4.78, 5) is 16.2. The lowest BCUT2D eigenvalue weighted by atomic mass is 9.67. The first-order valence-corrected chi connectivity index (χ1v) is 11.7. The van der Waals surface area contributed by atoms with Crippen molar-refractivity contribution < 1.29 is 4.79 Å². The van der Waals surface area contributed by atoms with Crippen molar-refractivity contribution in [3.05, 3.63) is 108 Å². The molecule has 1 saturated heterocycles. The Bertz CT molecular complexity index is 902. The van der Waals surface area contributed by atoms with Gasteiger partial charge in [-0.05, 0) is 41.9 Å². The standard InChI is InChI=1S/C29H31NO/c31-28(30-20-19-23-11-10-18-27(30)21-23)22-29(24-12-4-1-5-13-24,25-14-6-2-7-15-25)26-16-8-3-9-17-26/h1-9,12-17,23,27H,10-11,18-22H2. The molecular weight excluding hydrogens is 378 g/mol. The van der Waals surface area contributed by atoms with Crippen LogP contribution in [0, 0.1) is 5.92 Å². The van der Waals surface area contributed by atoms with Gasteiger partial charge in [0.1, 0.15) is 0 Å². The van der Waals surface area contributed by atoms with E-state index in [1.807, 2.05) is 0 Å². The van der Waals surface area contributed by atoms with Crippen LogP contribution in [-0.2, 0) is 10.2 Å². The largest absolute Gasteiger partial charge is 0.340 e. The van der Waals surface area contributed by atoms with Crippen molar-refractivity contribution in [2.75, 3.05) is 6.54 Å². The van der Waals surface area contributed by atoms with Crippen LogP contribution < -0.4 is 0 Å². The van der Waals surface area contributed by atoms with Gasteiger partial charge in [-0.2, -0.15) is 0 Å². The van der Waals surface area contributed by atoms with E-state index in [9.17, 15) is 4.79 Å². The quantitative estimate of drug-likeness (QED) is 0.459. The van der Waals surface area contributed by atoms with Crippen LogP contribution in [0.5, 0.6) is 0 Å². The summed E-state index contributed by atoms with van der Waals surface area (Å²) >= 11 is 0. The van der Waals surface area contributed by atoms with Gasteiger partial charge in [-0.25, -0.2) is 0 Å². The summed E-state index contributed by atoms with van der Waals surface area (Å²) in [5, 5.41) is 0. The van der Waals surface area contributed by atoms with Crippen LogP contribution in [0.2, 0.25) is 0 Å². The van der Waals surface area contributed by atoms with Crippen molar-refractivity contribution in [3.8, 4) is 0 Å². The second-order valence-corrected chi connectivity index (χ2v) is 9.24. The molecule has 1 aliphatic heterocycles. The van der Waals surface area contributed by atoms with Crippen LogP contribution in [0.25, 0.3) is 0 Å². The summed E-state index contributed by atoms with van der Waals surface area (Å²) in [5.74, 6) is 1.12. The molecule has 2 bridgehead atoms. The molecule has 1 saturated carbocycles. The fraction of sp³-hybridized carbons (Fsp3) is 0.345. The Morgan fingerprint density at radius 1 is 0.742 bits per heavy atom. The maximum absolute atomic E-state index is 14.0. The second kappa shape index (κ2) is 8.70. The monoisotopic (exact) mass is 409 g/mol. The van der Waals surface area contributed by atoms with Gasteiger partial charge in [0.25, 0.3) is 0 Å². The molecule has 0 N–H and O–H groups in total. The molecule has 5 rings (SSSR count). The number of benzene rings is 3. The highest BCUT2D eigenvalue weighted by atomic mass is 16.2. The Morgan fingerprint density at radius 2 is 1.26 bits per heavy atom. The van der Waals surface area contributed by atoms with Gasteiger partial charge in [0.05, 0.1) is 5.41 Å². The molecule has 3 aromatic carbocycles. The number of hydrogen-bond donors (Lipinski definition) is 0. The van der Waals surface area contributed by atoms with Crippen molar-refractivity contribution in [1.82, 2.24) is 4.90 Å². The zero-order chi connectivity index (χ0) is 21.1. The van der Waals surface area contributed by atoms with Crippen LogP contribution in [0.4, 0.5) is 0 Å². The average Bonchev–Trinajstić information content (AvgIpc) is 2.84. The molecule has 0 spiro atoms. The van der Waals surface area contributed by atoms with E-state index < -0.39 is 5.41 Å². The first-order chi connectivity index (χ1) is 15.3. The molecule has 1 amide bonds. The Kier molecular flexibility index (Phi) is 5.63. The Labute approximate surface area is 185 Å². The van der Waals surface area contributed by atoms with E-state index in [0.29, 0.717) is 18.4 Å². The van der Waals surface area contributed by atoms with Crippen LogP contribution in [0.15, 0.2) is 91.0 Å². The van der Waals surface area contributed by atoms with Crippen molar-refractivity contribution in [2.24, 2.45) is 5.92 Å². The molecule has 2 nitrogen and oxygen atoms in total. The normalized spacial score (nSPS) is 21.0. The van der Waals surface area contributed by atoms with Crippen LogP contribution in [0.3, 0.4) is 0 Å². The zero-order valence-electron chi connectivity index (χ0n) is 18.1. The van der Waals surface area contributed by atoms with Gasteiger partial charge < -0.3 is 4.90 Å². The summed E-state index contributed by atoms with van der Waals surface area (Å²) in [6.45, 7) is 0.919. The number of nitrogens with zero attached hydrogens (tertiary/aromatic N) is 1. The number of fused-ring (bicyclic) bond motifs is 2. The van der Waals surface area contributed by atoms with Crippen molar-refractivity contribution >= 4 is 5.91 Å². The van der Waals surface area contributed by atoms with Crippen molar-refractivity contribution in [3.63, 3.8) is 0 Å². The smallest absolute Gasteiger partial charge is 0.224 e. The SMILES string of the molecule is O=C(CC(c1ccccc1)(c1ccccc1)c1ccccc1)N1CCC2CCCC1C2.